The van der Waals surface area contributed by atoms with Crippen LogP contribution in [0.5, 0.6) is 0 Å². The maximum Gasteiger partial charge on any atom is 0.248 e. The van der Waals surface area contributed by atoms with Gasteiger partial charge in [0.25, 0.3) is 0 Å². The molecule has 0 atom stereocenters. The Morgan fingerprint density at radius 3 is 2.59 bits per heavy atom. The van der Waals surface area contributed by atoms with E-state index in [4.69, 9.17) is 0 Å². The summed E-state index contributed by atoms with van der Waals surface area (Å²) >= 11 is 0. The first kappa shape index (κ1) is 19.2. The second-order valence-electron chi connectivity index (χ2n) is 6.70. The highest BCUT2D eigenvalue weighted by Gasteiger charge is 2.24. The van der Waals surface area contributed by atoms with E-state index in [1.807, 2.05) is 41.3 Å². The van der Waals surface area contributed by atoms with E-state index in [0.717, 1.165) is 55.0 Å². The first-order chi connectivity index (χ1) is 13.2. The van der Waals surface area contributed by atoms with Crippen molar-refractivity contribution in [3.63, 3.8) is 0 Å². The molecule has 5 heteroatoms. The van der Waals surface area contributed by atoms with Crippen LogP contribution in [0.15, 0.2) is 53.8 Å². The lowest BCUT2D eigenvalue weighted by atomic mass is 10.0. The third kappa shape index (κ3) is 4.61. The predicted octanol–water partition coefficient (Wildman–Crippen LogP) is 3.39. The van der Waals surface area contributed by atoms with Crippen LogP contribution in [0, 0.1) is 0 Å². The molecule has 2 heterocycles. The number of benzene rings is 1. The largest absolute Gasteiger partial charge is 0.309 e. The number of hydrogen-bond donors (Lipinski definition) is 0. The van der Waals surface area contributed by atoms with Gasteiger partial charge < -0.3 is 9.80 Å². The van der Waals surface area contributed by atoms with Gasteiger partial charge in [-0.25, -0.2) is 0 Å². The molecule has 3 rings (SSSR count). The van der Waals surface area contributed by atoms with Crippen molar-refractivity contribution in [1.82, 2.24) is 9.88 Å². The van der Waals surface area contributed by atoms with Crippen molar-refractivity contribution in [3.05, 3.63) is 59.9 Å². The van der Waals surface area contributed by atoms with Crippen LogP contribution in [0.4, 0.5) is 5.69 Å². The summed E-state index contributed by atoms with van der Waals surface area (Å²) in [6, 6.07) is 12.0. The van der Waals surface area contributed by atoms with E-state index in [0.29, 0.717) is 6.54 Å². The van der Waals surface area contributed by atoms with Crippen molar-refractivity contribution in [2.45, 2.75) is 26.7 Å². The van der Waals surface area contributed by atoms with E-state index in [2.05, 4.69) is 28.7 Å². The fourth-order valence-electron chi connectivity index (χ4n) is 3.49. The third-order valence-corrected chi connectivity index (χ3v) is 5.07. The van der Waals surface area contributed by atoms with E-state index in [1.54, 1.807) is 12.4 Å². The highest BCUT2D eigenvalue weighted by Crippen LogP contribution is 2.26. The molecule has 0 saturated heterocycles. The van der Waals surface area contributed by atoms with Gasteiger partial charge in [0.15, 0.2) is 0 Å². The number of unbranched alkanes of at least 4 members (excludes halogenated alkanes) is 1. The Hall–Kier alpha value is -2.53. The Morgan fingerprint density at radius 2 is 1.85 bits per heavy atom. The summed E-state index contributed by atoms with van der Waals surface area (Å²) in [6.07, 6.45) is 5.61. The SMILES string of the molecule is CCN(CC)CCCCN1C(=O)CN=C(c2ccccc2)c2ccncc21. The summed E-state index contributed by atoms with van der Waals surface area (Å²) in [7, 11) is 0. The molecule has 1 amide bonds. The van der Waals surface area contributed by atoms with Gasteiger partial charge in [-0.05, 0) is 38.5 Å². The van der Waals surface area contributed by atoms with E-state index in [-0.39, 0.29) is 12.5 Å². The Labute approximate surface area is 161 Å². The first-order valence-corrected chi connectivity index (χ1v) is 9.81. The number of amides is 1. The van der Waals surface area contributed by atoms with Crippen LogP contribution in [-0.4, -0.2) is 54.2 Å². The predicted molar refractivity (Wildman–Crippen MR) is 111 cm³/mol. The summed E-state index contributed by atoms with van der Waals surface area (Å²) in [5, 5.41) is 0. The number of nitrogens with zero attached hydrogens (tertiary/aromatic N) is 4. The van der Waals surface area contributed by atoms with Crippen molar-refractivity contribution in [2.24, 2.45) is 4.99 Å². The molecule has 1 aromatic carbocycles. The molecule has 0 radical (unpaired) electrons. The summed E-state index contributed by atoms with van der Waals surface area (Å²) < 4.78 is 0. The second kappa shape index (κ2) is 9.42. The number of hydrogen-bond acceptors (Lipinski definition) is 4. The number of pyridine rings is 1. The van der Waals surface area contributed by atoms with Gasteiger partial charge >= 0.3 is 0 Å². The molecule has 0 N–H and O–H groups in total. The standard InChI is InChI=1S/C22H28N4O/c1-3-25(4-2)14-8-9-15-26-20-16-23-13-12-19(20)22(24-17-21(26)27)18-10-6-5-7-11-18/h5-7,10-13,16H,3-4,8-9,14-15,17H2,1-2H3. The molecule has 5 nitrogen and oxygen atoms in total. The van der Waals surface area contributed by atoms with Crippen LogP contribution in [0.1, 0.15) is 37.8 Å². The average molecular weight is 364 g/mol. The molecule has 0 saturated carbocycles. The summed E-state index contributed by atoms with van der Waals surface area (Å²) in [5.74, 6) is 0.0398. The minimum absolute atomic E-state index is 0.0398. The van der Waals surface area contributed by atoms with Gasteiger partial charge in [0.2, 0.25) is 5.91 Å². The molecule has 2 aromatic rings. The topological polar surface area (TPSA) is 48.8 Å². The van der Waals surface area contributed by atoms with Gasteiger partial charge in [-0.3, -0.25) is 14.8 Å². The van der Waals surface area contributed by atoms with Crippen molar-refractivity contribution in [2.75, 3.05) is 37.6 Å². The first-order valence-electron chi connectivity index (χ1n) is 9.81. The van der Waals surface area contributed by atoms with Gasteiger partial charge in [-0.1, -0.05) is 44.2 Å². The van der Waals surface area contributed by atoms with E-state index < -0.39 is 0 Å². The van der Waals surface area contributed by atoms with Crippen LogP contribution in [-0.2, 0) is 4.79 Å². The third-order valence-electron chi connectivity index (χ3n) is 5.07. The fourth-order valence-corrected chi connectivity index (χ4v) is 3.49. The van der Waals surface area contributed by atoms with Crippen molar-refractivity contribution < 1.29 is 4.79 Å². The Kier molecular flexibility index (Phi) is 6.71. The fraction of sp³-hybridized carbons (Fsp3) is 0.409. The number of anilines is 1. The second-order valence-corrected chi connectivity index (χ2v) is 6.70. The molecular formula is C22H28N4O. The number of carbonyl (C=O) groups excluding carboxylic acids is 1. The summed E-state index contributed by atoms with van der Waals surface area (Å²) in [4.78, 5) is 26.0. The lowest BCUT2D eigenvalue weighted by Gasteiger charge is -2.23. The Bertz CT molecular complexity index is 784. The zero-order chi connectivity index (χ0) is 19.1. The minimum atomic E-state index is 0.0398. The normalized spacial score (nSPS) is 14.1. The lowest BCUT2D eigenvalue weighted by molar-refractivity contribution is -0.117. The molecule has 1 aliphatic rings. The molecule has 27 heavy (non-hydrogen) atoms. The van der Waals surface area contributed by atoms with Gasteiger partial charge in [-0.15, -0.1) is 0 Å². The molecule has 142 valence electrons. The molecule has 0 aliphatic carbocycles. The minimum Gasteiger partial charge on any atom is -0.309 e. The van der Waals surface area contributed by atoms with Crippen molar-refractivity contribution in [1.29, 1.82) is 0 Å². The lowest BCUT2D eigenvalue weighted by Crippen LogP contribution is -2.34. The average Bonchev–Trinajstić information content (AvgIpc) is 2.85. The van der Waals surface area contributed by atoms with Gasteiger partial charge in [-0.2, -0.15) is 0 Å². The number of aliphatic imine (C=N–C) groups is 1. The maximum atomic E-state index is 12.8. The zero-order valence-electron chi connectivity index (χ0n) is 16.3. The van der Waals surface area contributed by atoms with Crippen LogP contribution in [0.2, 0.25) is 0 Å². The number of carbonyl (C=O) groups is 1. The molecule has 0 bridgehead atoms. The van der Waals surface area contributed by atoms with E-state index in [9.17, 15) is 4.79 Å². The van der Waals surface area contributed by atoms with Crippen LogP contribution < -0.4 is 4.90 Å². The Balaban J connectivity index is 1.79. The zero-order valence-corrected chi connectivity index (χ0v) is 16.3. The Morgan fingerprint density at radius 1 is 1.07 bits per heavy atom. The van der Waals surface area contributed by atoms with Gasteiger partial charge in [0.1, 0.15) is 6.54 Å². The monoisotopic (exact) mass is 364 g/mol. The molecule has 0 spiro atoms. The molecule has 0 fully saturated rings. The number of fused-ring (bicyclic) bond motifs is 1. The number of aromatic nitrogens is 1. The van der Waals surface area contributed by atoms with E-state index in [1.165, 1.54) is 0 Å². The van der Waals surface area contributed by atoms with Crippen LogP contribution in [0.25, 0.3) is 0 Å². The van der Waals surface area contributed by atoms with E-state index >= 15 is 0 Å². The van der Waals surface area contributed by atoms with Crippen molar-refractivity contribution in [3.8, 4) is 0 Å². The van der Waals surface area contributed by atoms with Gasteiger partial charge in [0.05, 0.1) is 17.6 Å². The van der Waals surface area contributed by atoms with Crippen LogP contribution >= 0.6 is 0 Å². The molecule has 1 aliphatic heterocycles. The smallest absolute Gasteiger partial charge is 0.248 e. The van der Waals surface area contributed by atoms with Gasteiger partial charge in [0, 0.05) is 23.9 Å². The summed E-state index contributed by atoms with van der Waals surface area (Å²) in [5.41, 5.74) is 3.74. The molecule has 0 unspecified atom stereocenters. The quantitative estimate of drug-likeness (QED) is 0.675. The molecular weight excluding hydrogens is 336 g/mol. The summed E-state index contributed by atoms with van der Waals surface area (Å²) in [6.45, 7) is 8.46. The number of rotatable bonds is 8. The van der Waals surface area contributed by atoms with Crippen molar-refractivity contribution >= 4 is 17.3 Å². The van der Waals surface area contributed by atoms with Crippen LogP contribution in [0.3, 0.4) is 0 Å². The highest BCUT2D eigenvalue weighted by atomic mass is 16.2. The maximum absolute atomic E-state index is 12.8. The highest BCUT2D eigenvalue weighted by molar-refractivity contribution is 6.19. The molecule has 1 aromatic heterocycles.